The quantitative estimate of drug-likeness (QED) is 0.336. The zero-order valence-corrected chi connectivity index (χ0v) is 3.83. The summed E-state index contributed by atoms with van der Waals surface area (Å²) in [6.45, 7) is 0. The molecule has 0 aliphatic rings. The molecule has 0 atom stereocenters. The second kappa shape index (κ2) is 5.45. The number of hydrogen-bond acceptors (Lipinski definition) is 5. The van der Waals surface area contributed by atoms with Gasteiger partial charge in [0, 0.05) is 0 Å². The van der Waals surface area contributed by atoms with Gasteiger partial charge in [0.25, 0.3) is 0 Å². The second-order valence-corrected chi connectivity index (χ2v) is 0.662. The van der Waals surface area contributed by atoms with Gasteiger partial charge in [-0.2, -0.15) is 5.21 Å². The minimum atomic E-state index is 0.750. The first kappa shape index (κ1) is 6.45. The molecule has 1 aromatic rings. The molecule has 0 unspecified atom stereocenters. The van der Waals surface area contributed by atoms with Crippen LogP contribution < -0.4 is 0 Å². The summed E-state index contributed by atoms with van der Waals surface area (Å²) >= 11 is 0. The first-order chi connectivity index (χ1) is 3.91. The summed E-state index contributed by atoms with van der Waals surface area (Å²) in [6, 6.07) is 0. The number of aromatic amines is 1. The Balaban J connectivity index is 0.000000145. The average molecular weight is 113 g/mol. The number of H-pyrrole nitrogens is 1. The van der Waals surface area contributed by atoms with Crippen molar-refractivity contribution in [2.45, 2.75) is 0 Å². The third-order valence-corrected chi connectivity index (χ3v) is 0.270. The van der Waals surface area contributed by atoms with Gasteiger partial charge in [-0.25, -0.2) is 10.2 Å². The van der Waals surface area contributed by atoms with E-state index in [1.807, 2.05) is 0 Å². The van der Waals surface area contributed by atoms with Crippen LogP contribution in [0.5, 0.6) is 0 Å². The number of rotatable bonds is 0. The summed E-state index contributed by atoms with van der Waals surface area (Å²) in [4.78, 5) is 8.35. The molecule has 0 radical (unpaired) electrons. The lowest BCUT2D eigenvalue weighted by molar-refractivity contribution is 0.563. The Hall–Kier alpha value is -1.55. The van der Waals surface area contributed by atoms with E-state index < -0.39 is 0 Å². The van der Waals surface area contributed by atoms with Crippen molar-refractivity contribution in [3.05, 3.63) is 6.33 Å². The first-order valence-corrected chi connectivity index (χ1v) is 1.62. The summed E-state index contributed by atoms with van der Waals surface area (Å²) in [5.74, 6) is 0. The molecule has 0 aliphatic heterocycles. The molecular formula is C2H3N5O. The molecule has 1 rings (SSSR count). The van der Waals surface area contributed by atoms with Crippen LogP contribution in [0.15, 0.2) is 6.33 Å². The van der Waals surface area contributed by atoms with Crippen molar-refractivity contribution in [2.24, 2.45) is 0 Å². The van der Waals surface area contributed by atoms with E-state index in [1.54, 1.807) is 0 Å². The third kappa shape index (κ3) is 4.45. The van der Waals surface area contributed by atoms with Crippen molar-refractivity contribution in [1.82, 2.24) is 20.6 Å². The number of nitrogens with zero attached hydrogens (tertiary/aromatic N) is 3. The van der Waals surface area contributed by atoms with Crippen molar-refractivity contribution in [3.8, 4) is 0 Å². The predicted molar refractivity (Wildman–Crippen MR) is 22.6 cm³/mol. The highest BCUT2D eigenvalue weighted by Gasteiger charge is 1.58. The first-order valence-electron chi connectivity index (χ1n) is 1.62. The van der Waals surface area contributed by atoms with E-state index in [4.69, 9.17) is 10.2 Å². The Labute approximate surface area is 44.4 Å². The van der Waals surface area contributed by atoms with E-state index in [2.05, 4.69) is 20.6 Å². The highest BCUT2D eigenvalue weighted by atomic mass is 16.1. The van der Waals surface area contributed by atoms with Gasteiger partial charge in [-0.3, -0.25) is 0 Å². The topological polar surface area (TPSA) is 95.4 Å². The standard InChI is InChI=1S/CH2N4.CHNO/c1-2-4-5-3-1;2-1-3/h1H,(H,2,3,4,5);2H. The molecule has 1 aromatic heterocycles. The molecule has 0 spiro atoms. The second-order valence-electron chi connectivity index (χ2n) is 0.662. The number of isocyanates is 1. The Morgan fingerprint density at radius 1 is 1.75 bits per heavy atom. The van der Waals surface area contributed by atoms with Crippen LogP contribution in [0.1, 0.15) is 0 Å². The normalized spacial score (nSPS) is 6.00. The lowest BCUT2D eigenvalue weighted by Gasteiger charge is -1.44. The maximum atomic E-state index is 8.35. The van der Waals surface area contributed by atoms with Gasteiger partial charge in [-0.15, -0.1) is 10.2 Å². The molecule has 6 heteroatoms. The molecular weight excluding hydrogens is 110 g/mol. The van der Waals surface area contributed by atoms with Gasteiger partial charge in [-0.05, 0) is 0 Å². The smallest absolute Gasteiger partial charge is 0.222 e. The molecule has 0 bridgehead atoms. The minimum absolute atomic E-state index is 0.750. The Kier molecular flexibility index (Phi) is 4.39. The maximum Gasteiger partial charge on any atom is 0.231 e. The van der Waals surface area contributed by atoms with Crippen LogP contribution >= 0.6 is 0 Å². The third-order valence-electron chi connectivity index (χ3n) is 0.270. The van der Waals surface area contributed by atoms with Crippen molar-refractivity contribution < 1.29 is 4.79 Å². The van der Waals surface area contributed by atoms with Crippen molar-refractivity contribution >= 4 is 6.08 Å². The van der Waals surface area contributed by atoms with E-state index >= 15 is 0 Å². The largest absolute Gasteiger partial charge is 0.231 e. The van der Waals surface area contributed by atoms with Crippen LogP contribution in [0.4, 0.5) is 0 Å². The van der Waals surface area contributed by atoms with Crippen molar-refractivity contribution in [3.63, 3.8) is 0 Å². The highest BCUT2D eigenvalue weighted by Crippen LogP contribution is 1.43. The number of aromatic nitrogens is 4. The van der Waals surface area contributed by atoms with Gasteiger partial charge >= 0.3 is 0 Å². The van der Waals surface area contributed by atoms with Gasteiger partial charge < -0.3 is 0 Å². The molecule has 1 heterocycles. The summed E-state index contributed by atoms with van der Waals surface area (Å²) < 4.78 is 0. The molecule has 0 aliphatic carbocycles. The van der Waals surface area contributed by atoms with Gasteiger partial charge in [0.1, 0.15) is 0 Å². The molecule has 0 saturated heterocycles. The van der Waals surface area contributed by atoms with Gasteiger partial charge in [0.05, 0.1) is 0 Å². The van der Waals surface area contributed by atoms with Crippen LogP contribution in [0.3, 0.4) is 0 Å². The zero-order chi connectivity index (χ0) is 6.24. The average Bonchev–Trinajstić information content (AvgIpc) is 2.17. The molecule has 0 saturated carbocycles. The van der Waals surface area contributed by atoms with Gasteiger partial charge in [-0.1, -0.05) is 5.21 Å². The monoisotopic (exact) mass is 113 g/mol. The molecule has 0 aromatic carbocycles. The van der Waals surface area contributed by atoms with E-state index in [0.29, 0.717) is 0 Å². The maximum absolute atomic E-state index is 8.35. The Morgan fingerprint density at radius 3 is 2.50 bits per heavy atom. The number of nitrogens with one attached hydrogen (secondary N) is 2. The lowest BCUT2D eigenvalue weighted by Crippen LogP contribution is -1.64. The Bertz CT molecular complexity index is 122. The number of hydrogen-bond donors (Lipinski definition) is 2. The van der Waals surface area contributed by atoms with Crippen LogP contribution in [-0.2, 0) is 4.79 Å². The molecule has 42 valence electrons. The summed E-state index contributed by atoms with van der Waals surface area (Å²) in [5.41, 5.74) is 0. The van der Waals surface area contributed by atoms with Crippen molar-refractivity contribution in [1.29, 1.82) is 5.41 Å². The van der Waals surface area contributed by atoms with Crippen molar-refractivity contribution in [2.75, 3.05) is 0 Å². The molecule has 8 heavy (non-hydrogen) atoms. The summed E-state index contributed by atoms with van der Waals surface area (Å²) in [7, 11) is 0. The number of carbonyl (C=O) groups excluding carboxylic acids is 1. The van der Waals surface area contributed by atoms with E-state index in [9.17, 15) is 0 Å². The fourth-order valence-electron chi connectivity index (χ4n) is 0.129. The van der Waals surface area contributed by atoms with Crippen LogP contribution in [0.25, 0.3) is 0 Å². The summed E-state index contributed by atoms with van der Waals surface area (Å²) in [5, 5.41) is 17.6. The van der Waals surface area contributed by atoms with Gasteiger partial charge in [0.2, 0.25) is 6.08 Å². The minimum Gasteiger partial charge on any atom is -0.222 e. The summed E-state index contributed by atoms with van der Waals surface area (Å²) in [6.07, 6.45) is 2.08. The molecule has 6 nitrogen and oxygen atoms in total. The predicted octanol–water partition coefficient (Wildman–Crippen LogP) is -0.899. The lowest BCUT2D eigenvalue weighted by atomic mass is 11.4. The highest BCUT2D eigenvalue weighted by molar-refractivity contribution is 5.26. The van der Waals surface area contributed by atoms with E-state index in [-0.39, 0.29) is 0 Å². The molecule has 0 amide bonds. The Morgan fingerprint density at radius 2 is 2.38 bits per heavy atom. The van der Waals surface area contributed by atoms with E-state index in [0.717, 1.165) is 6.08 Å². The SMILES string of the molecule is N=C=O.c1nn[nH]n1. The fourth-order valence-corrected chi connectivity index (χ4v) is 0.129. The van der Waals surface area contributed by atoms with Crippen LogP contribution in [0, 0.1) is 5.41 Å². The molecule has 2 N–H and O–H groups in total. The number of tetrazole rings is 1. The van der Waals surface area contributed by atoms with Gasteiger partial charge in [0.15, 0.2) is 6.33 Å². The fraction of sp³-hybridized carbons (Fsp3) is 0. The zero-order valence-electron chi connectivity index (χ0n) is 3.83. The molecule has 0 fully saturated rings. The van der Waals surface area contributed by atoms with Crippen LogP contribution in [0.2, 0.25) is 0 Å². The van der Waals surface area contributed by atoms with E-state index in [1.165, 1.54) is 6.33 Å². The van der Waals surface area contributed by atoms with Crippen LogP contribution in [-0.4, -0.2) is 26.7 Å².